The molecule has 4 N–H and O–H groups in total. The standard InChI is InChI=1S/C16H12F3N3O2/c17-16(18,19)11-2-1-9-7-22(8-10(9)5-11)12-3-4-14(13(20)6-12)21-15(23)24/h1-8,21H,20H2,(H,23,24). The Hall–Kier alpha value is -3.16. The molecule has 1 heterocycles. The van der Waals surface area contributed by atoms with Crippen LogP contribution in [0.25, 0.3) is 16.5 Å². The molecule has 0 radical (unpaired) electrons. The largest absolute Gasteiger partial charge is 0.465 e. The van der Waals surface area contributed by atoms with Crippen LogP contribution in [0, 0.1) is 0 Å². The van der Waals surface area contributed by atoms with Crippen LogP contribution >= 0.6 is 0 Å². The highest BCUT2D eigenvalue weighted by molar-refractivity contribution is 5.88. The van der Waals surface area contributed by atoms with Crippen LogP contribution in [0.4, 0.5) is 29.3 Å². The lowest BCUT2D eigenvalue weighted by Gasteiger charge is -2.08. The van der Waals surface area contributed by atoms with Crippen molar-refractivity contribution in [3.05, 3.63) is 54.4 Å². The van der Waals surface area contributed by atoms with Gasteiger partial charge in [0.15, 0.2) is 0 Å². The van der Waals surface area contributed by atoms with Crippen LogP contribution in [0.2, 0.25) is 0 Å². The van der Waals surface area contributed by atoms with Gasteiger partial charge in [0.25, 0.3) is 0 Å². The molecular formula is C16H12F3N3O2. The topological polar surface area (TPSA) is 80.3 Å². The minimum Gasteiger partial charge on any atom is -0.465 e. The molecule has 0 unspecified atom stereocenters. The number of aromatic nitrogens is 1. The van der Waals surface area contributed by atoms with Crippen molar-refractivity contribution in [3.63, 3.8) is 0 Å². The van der Waals surface area contributed by atoms with Crippen LogP contribution in [0.1, 0.15) is 5.56 Å². The zero-order valence-electron chi connectivity index (χ0n) is 12.1. The molecule has 2 aromatic carbocycles. The molecule has 0 spiro atoms. The van der Waals surface area contributed by atoms with E-state index >= 15 is 0 Å². The summed E-state index contributed by atoms with van der Waals surface area (Å²) in [5.41, 5.74) is 6.13. The van der Waals surface area contributed by atoms with E-state index in [0.717, 1.165) is 12.1 Å². The van der Waals surface area contributed by atoms with Crippen molar-refractivity contribution in [1.82, 2.24) is 4.57 Å². The molecule has 0 bridgehead atoms. The summed E-state index contributed by atoms with van der Waals surface area (Å²) >= 11 is 0. The average Bonchev–Trinajstić information content (AvgIpc) is 2.91. The van der Waals surface area contributed by atoms with Crippen molar-refractivity contribution in [2.75, 3.05) is 11.1 Å². The first-order valence-electron chi connectivity index (χ1n) is 6.83. The maximum absolute atomic E-state index is 12.8. The number of carbonyl (C=O) groups is 1. The number of benzene rings is 2. The Balaban J connectivity index is 2.00. The van der Waals surface area contributed by atoms with E-state index in [1.165, 1.54) is 18.2 Å². The Morgan fingerprint density at radius 1 is 1.08 bits per heavy atom. The molecule has 0 aliphatic carbocycles. The zero-order valence-corrected chi connectivity index (χ0v) is 12.1. The molecule has 0 saturated heterocycles. The third kappa shape index (κ3) is 2.98. The molecule has 124 valence electrons. The summed E-state index contributed by atoms with van der Waals surface area (Å²) in [7, 11) is 0. The molecule has 0 aliphatic rings. The van der Waals surface area contributed by atoms with Gasteiger partial charge in [-0.05, 0) is 35.7 Å². The second-order valence-electron chi connectivity index (χ2n) is 5.21. The first kappa shape index (κ1) is 15.7. The highest BCUT2D eigenvalue weighted by Crippen LogP contribution is 2.32. The van der Waals surface area contributed by atoms with E-state index in [0.29, 0.717) is 16.5 Å². The third-order valence-corrected chi connectivity index (χ3v) is 3.55. The number of nitrogens with one attached hydrogen (secondary N) is 1. The fourth-order valence-corrected chi connectivity index (χ4v) is 2.41. The lowest BCUT2D eigenvalue weighted by atomic mass is 10.1. The summed E-state index contributed by atoms with van der Waals surface area (Å²) in [5, 5.41) is 11.9. The van der Waals surface area contributed by atoms with E-state index in [1.54, 1.807) is 23.0 Å². The highest BCUT2D eigenvalue weighted by atomic mass is 19.4. The van der Waals surface area contributed by atoms with Crippen LogP contribution in [-0.4, -0.2) is 15.8 Å². The number of carboxylic acid groups (broad SMARTS) is 1. The van der Waals surface area contributed by atoms with Gasteiger partial charge in [-0.2, -0.15) is 13.2 Å². The number of alkyl halides is 3. The van der Waals surface area contributed by atoms with Crippen molar-refractivity contribution < 1.29 is 23.1 Å². The molecule has 1 amide bonds. The number of hydrogen-bond donors (Lipinski definition) is 3. The van der Waals surface area contributed by atoms with Gasteiger partial charge in [0, 0.05) is 23.5 Å². The number of rotatable bonds is 2. The second kappa shape index (κ2) is 5.48. The van der Waals surface area contributed by atoms with E-state index in [-0.39, 0.29) is 11.4 Å². The molecule has 0 aliphatic heterocycles. The zero-order chi connectivity index (χ0) is 17.5. The fourth-order valence-electron chi connectivity index (χ4n) is 2.41. The maximum atomic E-state index is 12.8. The van der Waals surface area contributed by atoms with Crippen LogP contribution in [-0.2, 0) is 6.18 Å². The summed E-state index contributed by atoms with van der Waals surface area (Å²) in [5.74, 6) is 0. The smallest absolute Gasteiger partial charge is 0.416 e. The number of fused-ring (bicyclic) bond motifs is 1. The summed E-state index contributed by atoms with van der Waals surface area (Å²) in [6, 6.07) is 8.15. The highest BCUT2D eigenvalue weighted by Gasteiger charge is 2.30. The number of nitrogens with two attached hydrogens (primary N) is 1. The van der Waals surface area contributed by atoms with Crippen LogP contribution in [0.3, 0.4) is 0 Å². The first-order chi connectivity index (χ1) is 11.2. The van der Waals surface area contributed by atoms with Gasteiger partial charge < -0.3 is 15.4 Å². The molecule has 1 aromatic heterocycles. The molecular weight excluding hydrogens is 323 g/mol. The monoisotopic (exact) mass is 335 g/mol. The Labute approximate surface area is 134 Å². The number of anilines is 2. The van der Waals surface area contributed by atoms with E-state index in [9.17, 15) is 18.0 Å². The fraction of sp³-hybridized carbons (Fsp3) is 0.0625. The molecule has 0 fully saturated rings. The first-order valence-corrected chi connectivity index (χ1v) is 6.83. The van der Waals surface area contributed by atoms with Gasteiger partial charge in [-0.3, -0.25) is 5.32 Å². The van der Waals surface area contributed by atoms with Gasteiger partial charge in [-0.15, -0.1) is 0 Å². The second-order valence-corrected chi connectivity index (χ2v) is 5.21. The molecule has 8 heteroatoms. The molecule has 0 saturated carbocycles. The summed E-state index contributed by atoms with van der Waals surface area (Å²) in [4.78, 5) is 10.6. The normalized spacial score (nSPS) is 11.6. The van der Waals surface area contributed by atoms with Crippen molar-refractivity contribution in [2.45, 2.75) is 6.18 Å². The molecule has 24 heavy (non-hydrogen) atoms. The van der Waals surface area contributed by atoms with Crippen LogP contribution < -0.4 is 11.1 Å². The number of nitrogens with zero attached hydrogens (tertiary/aromatic N) is 1. The van der Waals surface area contributed by atoms with Gasteiger partial charge in [-0.25, -0.2) is 4.79 Å². The van der Waals surface area contributed by atoms with E-state index in [1.807, 2.05) is 0 Å². The Morgan fingerprint density at radius 3 is 2.42 bits per heavy atom. The van der Waals surface area contributed by atoms with Crippen molar-refractivity contribution in [2.24, 2.45) is 0 Å². The third-order valence-electron chi connectivity index (χ3n) is 3.55. The van der Waals surface area contributed by atoms with Gasteiger partial charge in [0.1, 0.15) is 0 Å². The Kier molecular flexibility index (Phi) is 3.59. The van der Waals surface area contributed by atoms with Crippen molar-refractivity contribution >= 4 is 28.2 Å². The Morgan fingerprint density at radius 2 is 1.79 bits per heavy atom. The van der Waals surface area contributed by atoms with Crippen LogP contribution in [0.15, 0.2) is 48.8 Å². The lowest BCUT2D eigenvalue weighted by molar-refractivity contribution is -0.137. The van der Waals surface area contributed by atoms with Gasteiger partial charge >= 0.3 is 12.3 Å². The van der Waals surface area contributed by atoms with Gasteiger partial charge in [0.05, 0.1) is 16.9 Å². The number of amides is 1. The molecule has 3 rings (SSSR count). The molecule has 0 atom stereocenters. The molecule has 3 aromatic rings. The van der Waals surface area contributed by atoms with E-state index in [2.05, 4.69) is 5.32 Å². The summed E-state index contributed by atoms with van der Waals surface area (Å²) in [6.07, 6.45) is -2.40. The van der Waals surface area contributed by atoms with Crippen molar-refractivity contribution in [3.8, 4) is 5.69 Å². The number of nitrogen functional groups attached to an aromatic ring is 1. The molecule has 5 nitrogen and oxygen atoms in total. The lowest BCUT2D eigenvalue weighted by Crippen LogP contribution is -2.09. The SMILES string of the molecule is Nc1cc(-n2cc3ccc(C(F)(F)F)cc3c2)ccc1NC(=O)O. The predicted molar refractivity (Wildman–Crippen MR) is 84.3 cm³/mol. The summed E-state index contributed by atoms with van der Waals surface area (Å²) < 4.78 is 39.9. The average molecular weight is 335 g/mol. The van der Waals surface area contributed by atoms with Crippen molar-refractivity contribution in [1.29, 1.82) is 0 Å². The Bertz CT molecular complexity index is 932. The minimum atomic E-state index is -4.40. The predicted octanol–water partition coefficient (Wildman–Crippen LogP) is 4.32. The van der Waals surface area contributed by atoms with E-state index in [4.69, 9.17) is 10.8 Å². The maximum Gasteiger partial charge on any atom is 0.416 e. The summed E-state index contributed by atoms with van der Waals surface area (Å²) in [6.45, 7) is 0. The van der Waals surface area contributed by atoms with Gasteiger partial charge in [-0.1, -0.05) is 6.07 Å². The number of halogens is 3. The van der Waals surface area contributed by atoms with Gasteiger partial charge in [0.2, 0.25) is 0 Å². The minimum absolute atomic E-state index is 0.212. The van der Waals surface area contributed by atoms with E-state index < -0.39 is 17.8 Å². The van der Waals surface area contributed by atoms with Crippen LogP contribution in [0.5, 0.6) is 0 Å². The number of hydrogen-bond acceptors (Lipinski definition) is 2. The quantitative estimate of drug-likeness (QED) is 0.610.